The number of carbonyl (C=O) groups excluding carboxylic acids is 2. The first-order chi connectivity index (χ1) is 20.4. The Kier molecular flexibility index (Phi) is 9.12. The summed E-state index contributed by atoms with van der Waals surface area (Å²) < 4.78 is 12.4. The van der Waals surface area contributed by atoms with E-state index in [-0.39, 0.29) is 11.9 Å². The fourth-order valence-electron chi connectivity index (χ4n) is 4.74. The van der Waals surface area contributed by atoms with Crippen molar-refractivity contribution in [2.24, 2.45) is 5.92 Å². The fourth-order valence-corrected chi connectivity index (χ4v) is 4.92. The minimum atomic E-state index is -0.565. The Hall–Kier alpha value is -4.71. The number of ether oxygens (including phenoxy) is 2. The standard InChI is InChI=1S/C29H31ClN8O4/c1-18-4-3-5-23(34-27(39)11-6-19-14-20(30)7-10-25(19)38-17-32-36-37-38)28-31-16-24(35-28)22-9-8-21(33-29(40)41-2)15-26(22)42-13-12-18/h6-11,14-18,23H,3-5,12-13H2,1-2H3,(H,31,35)(H,33,40)(H,34,39)/b11-6+/t18?,23-/m0/s1. The van der Waals surface area contributed by atoms with Gasteiger partial charge in [0, 0.05) is 40.2 Å². The van der Waals surface area contributed by atoms with Crippen LogP contribution >= 0.6 is 11.6 Å². The molecule has 2 amide bonds. The number of aromatic amines is 1. The summed E-state index contributed by atoms with van der Waals surface area (Å²) in [6.07, 6.45) is 9.28. The molecule has 218 valence electrons. The van der Waals surface area contributed by atoms with Gasteiger partial charge in [-0.3, -0.25) is 10.1 Å². The molecule has 3 N–H and O–H groups in total. The zero-order valence-corrected chi connectivity index (χ0v) is 24.0. The number of nitrogens with one attached hydrogen (secondary N) is 3. The summed E-state index contributed by atoms with van der Waals surface area (Å²) >= 11 is 6.22. The highest BCUT2D eigenvalue weighted by atomic mass is 35.5. The van der Waals surface area contributed by atoms with Gasteiger partial charge < -0.3 is 19.8 Å². The molecule has 4 aromatic rings. The third kappa shape index (κ3) is 7.13. The van der Waals surface area contributed by atoms with Crippen LogP contribution in [0.1, 0.15) is 50.0 Å². The van der Waals surface area contributed by atoms with Gasteiger partial charge in [-0.1, -0.05) is 31.4 Å². The number of methoxy groups -OCH3 is 1. The van der Waals surface area contributed by atoms with E-state index in [2.05, 4.69) is 38.1 Å². The monoisotopic (exact) mass is 590 g/mol. The zero-order chi connectivity index (χ0) is 29.5. The minimum absolute atomic E-state index is 0.278. The number of tetrazole rings is 1. The molecule has 2 aromatic heterocycles. The highest BCUT2D eigenvalue weighted by molar-refractivity contribution is 6.30. The third-order valence-corrected chi connectivity index (χ3v) is 7.23. The molecule has 2 aromatic carbocycles. The smallest absolute Gasteiger partial charge is 0.411 e. The Morgan fingerprint density at radius 3 is 2.88 bits per heavy atom. The number of nitrogens with zero attached hydrogens (tertiary/aromatic N) is 5. The first-order valence-electron chi connectivity index (χ1n) is 13.6. The second-order valence-corrected chi connectivity index (χ2v) is 10.5. The normalized spacial score (nSPS) is 17.2. The van der Waals surface area contributed by atoms with E-state index in [0.29, 0.717) is 58.2 Å². The van der Waals surface area contributed by atoms with Crippen LogP contribution in [0, 0.1) is 5.92 Å². The van der Waals surface area contributed by atoms with Crippen LogP contribution in [0.15, 0.2) is 55.0 Å². The molecule has 2 bridgehead atoms. The van der Waals surface area contributed by atoms with Crippen molar-refractivity contribution in [1.82, 2.24) is 35.5 Å². The molecule has 0 spiro atoms. The van der Waals surface area contributed by atoms with Crippen LogP contribution in [0.4, 0.5) is 10.5 Å². The summed E-state index contributed by atoms with van der Waals surface area (Å²) in [5, 5.41) is 17.6. The summed E-state index contributed by atoms with van der Waals surface area (Å²) in [5.74, 6) is 1.37. The van der Waals surface area contributed by atoms with Crippen LogP contribution in [-0.2, 0) is 9.53 Å². The molecule has 0 saturated carbocycles. The molecule has 12 nitrogen and oxygen atoms in total. The Labute approximate surface area is 247 Å². The first kappa shape index (κ1) is 28.8. The zero-order valence-electron chi connectivity index (χ0n) is 23.2. The summed E-state index contributed by atoms with van der Waals surface area (Å²) in [6.45, 7) is 2.71. The van der Waals surface area contributed by atoms with E-state index >= 15 is 0 Å². The fraction of sp³-hybridized carbons (Fsp3) is 0.310. The van der Waals surface area contributed by atoms with Gasteiger partial charge in [0.15, 0.2) is 0 Å². The number of rotatable bonds is 5. The summed E-state index contributed by atoms with van der Waals surface area (Å²) in [7, 11) is 1.31. The van der Waals surface area contributed by atoms with Crippen molar-refractivity contribution < 1.29 is 19.1 Å². The van der Waals surface area contributed by atoms with E-state index in [4.69, 9.17) is 26.1 Å². The molecule has 2 atom stereocenters. The number of hydrogen-bond acceptors (Lipinski definition) is 8. The largest absolute Gasteiger partial charge is 0.493 e. The molecule has 1 aliphatic rings. The van der Waals surface area contributed by atoms with Crippen molar-refractivity contribution in [2.45, 2.75) is 38.6 Å². The number of H-pyrrole nitrogens is 1. The number of aromatic nitrogens is 6. The van der Waals surface area contributed by atoms with Crippen molar-refractivity contribution >= 4 is 35.4 Å². The predicted molar refractivity (Wildman–Crippen MR) is 157 cm³/mol. The maximum atomic E-state index is 13.1. The van der Waals surface area contributed by atoms with Gasteiger partial charge in [0.25, 0.3) is 0 Å². The molecule has 3 heterocycles. The molecular weight excluding hydrogens is 560 g/mol. The van der Waals surface area contributed by atoms with E-state index in [1.807, 2.05) is 6.07 Å². The van der Waals surface area contributed by atoms with E-state index in [1.54, 1.807) is 42.6 Å². The maximum absolute atomic E-state index is 13.1. The summed E-state index contributed by atoms with van der Waals surface area (Å²) in [4.78, 5) is 32.9. The summed E-state index contributed by atoms with van der Waals surface area (Å²) in [5.41, 5.74) is 3.35. The minimum Gasteiger partial charge on any atom is -0.493 e. The van der Waals surface area contributed by atoms with Crippen LogP contribution in [0.5, 0.6) is 5.75 Å². The van der Waals surface area contributed by atoms with Gasteiger partial charge in [0.1, 0.15) is 17.9 Å². The number of fused-ring (bicyclic) bond motifs is 4. The van der Waals surface area contributed by atoms with Gasteiger partial charge in [-0.05, 0) is 65.6 Å². The number of halogens is 1. The number of amides is 2. The van der Waals surface area contributed by atoms with Crippen molar-refractivity contribution in [2.75, 3.05) is 19.0 Å². The Bertz CT molecular complexity index is 1570. The van der Waals surface area contributed by atoms with Crippen molar-refractivity contribution in [3.63, 3.8) is 0 Å². The van der Waals surface area contributed by atoms with Gasteiger partial charge in [0.2, 0.25) is 5.91 Å². The van der Waals surface area contributed by atoms with Gasteiger partial charge in [-0.15, -0.1) is 5.10 Å². The lowest BCUT2D eigenvalue weighted by Gasteiger charge is -2.17. The number of imidazole rings is 1. The van der Waals surface area contributed by atoms with Gasteiger partial charge in [-0.2, -0.15) is 4.68 Å². The molecule has 5 rings (SSSR count). The molecule has 0 saturated heterocycles. The third-order valence-electron chi connectivity index (χ3n) is 6.99. The van der Waals surface area contributed by atoms with Crippen LogP contribution < -0.4 is 15.4 Å². The van der Waals surface area contributed by atoms with Crippen LogP contribution in [-0.4, -0.2) is 55.9 Å². The Morgan fingerprint density at radius 2 is 2.07 bits per heavy atom. The molecular formula is C29H31ClN8O4. The second-order valence-electron chi connectivity index (χ2n) is 10.0. The van der Waals surface area contributed by atoms with Gasteiger partial charge >= 0.3 is 6.09 Å². The van der Waals surface area contributed by atoms with Gasteiger partial charge in [0.05, 0.1) is 31.1 Å². The lowest BCUT2D eigenvalue weighted by molar-refractivity contribution is -0.117. The molecule has 0 fully saturated rings. The van der Waals surface area contributed by atoms with E-state index < -0.39 is 6.09 Å². The molecule has 0 radical (unpaired) electrons. The molecule has 0 aliphatic carbocycles. The van der Waals surface area contributed by atoms with Gasteiger partial charge in [-0.25, -0.2) is 9.78 Å². The lowest BCUT2D eigenvalue weighted by Crippen LogP contribution is -2.28. The number of benzene rings is 2. The van der Waals surface area contributed by atoms with Crippen molar-refractivity contribution in [3.8, 4) is 22.7 Å². The molecule has 13 heteroatoms. The predicted octanol–water partition coefficient (Wildman–Crippen LogP) is 5.34. The number of carbonyl (C=O) groups is 2. The highest BCUT2D eigenvalue weighted by Crippen LogP contribution is 2.34. The van der Waals surface area contributed by atoms with Crippen molar-refractivity contribution in [1.29, 1.82) is 0 Å². The topological polar surface area (TPSA) is 149 Å². The lowest BCUT2D eigenvalue weighted by atomic mass is 9.98. The number of anilines is 1. The van der Waals surface area contributed by atoms with E-state index in [9.17, 15) is 9.59 Å². The SMILES string of the molecule is COC(=O)Nc1ccc2c(c1)OCCC(C)CCC[C@H](NC(=O)/C=C/c1cc(Cl)ccc1-n1cnnn1)c1nc-2c[nH]1. The molecule has 1 aliphatic heterocycles. The Morgan fingerprint density at radius 1 is 1.19 bits per heavy atom. The average Bonchev–Trinajstić information content (AvgIpc) is 3.69. The Balaban J connectivity index is 1.39. The molecule has 42 heavy (non-hydrogen) atoms. The quantitative estimate of drug-likeness (QED) is 0.264. The average molecular weight is 591 g/mol. The van der Waals surface area contributed by atoms with Crippen LogP contribution in [0.2, 0.25) is 5.02 Å². The maximum Gasteiger partial charge on any atom is 0.411 e. The molecule has 1 unspecified atom stereocenters. The van der Waals surface area contributed by atoms with Crippen LogP contribution in [0.3, 0.4) is 0 Å². The number of hydrogen-bond donors (Lipinski definition) is 3. The van der Waals surface area contributed by atoms with E-state index in [1.165, 1.54) is 24.2 Å². The van der Waals surface area contributed by atoms with E-state index in [0.717, 1.165) is 24.8 Å². The first-order valence-corrected chi connectivity index (χ1v) is 14.0. The second kappa shape index (κ2) is 13.3. The van der Waals surface area contributed by atoms with Crippen LogP contribution in [0.25, 0.3) is 23.0 Å². The summed E-state index contributed by atoms with van der Waals surface area (Å²) in [6, 6.07) is 10.3. The van der Waals surface area contributed by atoms with Crippen molar-refractivity contribution in [3.05, 3.63) is 71.4 Å². The highest BCUT2D eigenvalue weighted by Gasteiger charge is 2.21.